The lowest BCUT2D eigenvalue weighted by Crippen LogP contribution is -3.13. The van der Waals surface area contributed by atoms with Crippen molar-refractivity contribution in [3.05, 3.63) is 69.9 Å². The van der Waals surface area contributed by atoms with Gasteiger partial charge in [-0.3, -0.25) is 4.79 Å². The number of hydrogen-bond donors (Lipinski definition) is 1. The monoisotopic (exact) mass is 377 g/mol. The van der Waals surface area contributed by atoms with Crippen LogP contribution in [0.1, 0.15) is 15.9 Å². The Labute approximate surface area is 143 Å². The lowest BCUT2D eigenvalue weighted by Gasteiger charge is -2.32. The molecule has 1 aliphatic heterocycles. The van der Waals surface area contributed by atoms with Gasteiger partial charge in [-0.05, 0) is 30.3 Å². The Bertz CT molecular complexity index is 685. The van der Waals surface area contributed by atoms with Crippen LogP contribution in [0.15, 0.2) is 53.0 Å². The van der Waals surface area contributed by atoms with Crippen molar-refractivity contribution < 1.29 is 14.1 Å². The van der Waals surface area contributed by atoms with Crippen molar-refractivity contribution in [2.75, 3.05) is 26.2 Å². The molecule has 0 bridgehead atoms. The highest BCUT2D eigenvalue weighted by Crippen LogP contribution is 2.14. The Morgan fingerprint density at radius 2 is 1.83 bits per heavy atom. The Morgan fingerprint density at radius 1 is 1.13 bits per heavy atom. The van der Waals surface area contributed by atoms with Crippen LogP contribution < -0.4 is 4.90 Å². The number of piperazine rings is 1. The molecule has 1 aliphatic rings. The van der Waals surface area contributed by atoms with Crippen LogP contribution in [-0.4, -0.2) is 37.0 Å². The van der Waals surface area contributed by atoms with Crippen molar-refractivity contribution in [2.24, 2.45) is 0 Å². The van der Waals surface area contributed by atoms with Crippen molar-refractivity contribution in [2.45, 2.75) is 6.54 Å². The van der Waals surface area contributed by atoms with Crippen LogP contribution >= 0.6 is 15.9 Å². The molecule has 2 aromatic carbocycles. The predicted octanol–water partition coefficient (Wildman–Crippen LogP) is 2.13. The normalized spacial score (nSPS) is 15.7. The van der Waals surface area contributed by atoms with E-state index in [0.717, 1.165) is 28.7 Å². The molecule has 23 heavy (non-hydrogen) atoms. The average Bonchev–Trinajstić information content (AvgIpc) is 2.58. The van der Waals surface area contributed by atoms with E-state index in [2.05, 4.69) is 15.9 Å². The summed E-state index contributed by atoms with van der Waals surface area (Å²) in [6, 6.07) is 14.6. The SMILES string of the molecule is O=C(c1ccccc1)N1CC[NH+](Cc2ccc(Br)cc2F)CC1. The maximum Gasteiger partial charge on any atom is 0.254 e. The molecule has 1 saturated heterocycles. The lowest BCUT2D eigenvalue weighted by atomic mass is 10.1. The van der Waals surface area contributed by atoms with Gasteiger partial charge in [0.05, 0.1) is 26.2 Å². The van der Waals surface area contributed by atoms with Crippen molar-refractivity contribution >= 4 is 21.8 Å². The van der Waals surface area contributed by atoms with Gasteiger partial charge in [0.1, 0.15) is 12.4 Å². The third-order valence-corrected chi connectivity index (χ3v) is 4.73. The molecule has 0 saturated carbocycles. The molecule has 3 nitrogen and oxygen atoms in total. The van der Waals surface area contributed by atoms with Gasteiger partial charge in [0.2, 0.25) is 0 Å². The number of carbonyl (C=O) groups excluding carboxylic acids is 1. The van der Waals surface area contributed by atoms with E-state index in [9.17, 15) is 9.18 Å². The van der Waals surface area contributed by atoms with E-state index in [1.54, 1.807) is 0 Å². The number of hydrogen-bond acceptors (Lipinski definition) is 1. The first-order chi connectivity index (χ1) is 11.1. The Balaban J connectivity index is 1.57. The Hall–Kier alpha value is -1.72. The van der Waals surface area contributed by atoms with Crippen molar-refractivity contribution in [1.82, 2.24) is 4.90 Å². The van der Waals surface area contributed by atoms with Gasteiger partial charge in [-0.2, -0.15) is 0 Å². The number of nitrogens with one attached hydrogen (secondary N) is 1. The quantitative estimate of drug-likeness (QED) is 0.870. The molecule has 0 atom stereocenters. The van der Waals surface area contributed by atoms with Gasteiger partial charge in [-0.15, -0.1) is 0 Å². The van der Waals surface area contributed by atoms with Crippen LogP contribution in [0.25, 0.3) is 0 Å². The molecule has 3 rings (SSSR count). The zero-order chi connectivity index (χ0) is 16.2. The number of rotatable bonds is 3. The van der Waals surface area contributed by atoms with Gasteiger partial charge in [0.25, 0.3) is 5.91 Å². The summed E-state index contributed by atoms with van der Waals surface area (Å²) in [5.74, 6) is -0.0888. The second kappa shape index (κ2) is 7.23. The summed E-state index contributed by atoms with van der Waals surface area (Å²) in [6.45, 7) is 3.76. The van der Waals surface area contributed by atoms with E-state index in [0.29, 0.717) is 19.6 Å². The highest BCUT2D eigenvalue weighted by atomic mass is 79.9. The summed E-state index contributed by atoms with van der Waals surface area (Å²) >= 11 is 3.28. The molecule has 0 aromatic heterocycles. The molecule has 1 fully saturated rings. The number of nitrogens with zero attached hydrogens (tertiary/aromatic N) is 1. The van der Waals surface area contributed by atoms with Crippen molar-refractivity contribution in [3.63, 3.8) is 0 Å². The Morgan fingerprint density at radius 3 is 2.48 bits per heavy atom. The van der Waals surface area contributed by atoms with Gasteiger partial charge in [0.15, 0.2) is 0 Å². The van der Waals surface area contributed by atoms with E-state index in [4.69, 9.17) is 0 Å². The van der Waals surface area contributed by atoms with Gasteiger partial charge < -0.3 is 9.80 Å². The molecule has 120 valence electrons. The highest BCUT2D eigenvalue weighted by molar-refractivity contribution is 9.10. The molecule has 2 aromatic rings. The van der Waals surface area contributed by atoms with Gasteiger partial charge >= 0.3 is 0 Å². The lowest BCUT2D eigenvalue weighted by molar-refractivity contribution is -0.917. The molecular formula is C18H19BrFN2O+. The summed E-state index contributed by atoms with van der Waals surface area (Å²) in [5.41, 5.74) is 1.46. The van der Waals surface area contributed by atoms with Crippen molar-refractivity contribution in [3.8, 4) is 0 Å². The van der Waals surface area contributed by atoms with E-state index in [1.807, 2.05) is 47.4 Å². The fourth-order valence-electron chi connectivity index (χ4n) is 2.90. The second-order valence-corrected chi connectivity index (χ2v) is 6.74. The second-order valence-electron chi connectivity index (χ2n) is 5.82. The first kappa shape index (κ1) is 16.1. The topological polar surface area (TPSA) is 24.8 Å². The van der Waals surface area contributed by atoms with Crippen LogP contribution in [-0.2, 0) is 6.54 Å². The minimum absolute atomic E-state index is 0.0828. The summed E-state index contributed by atoms with van der Waals surface area (Å²) < 4.78 is 14.7. The van der Waals surface area contributed by atoms with Crippen LogP contribution in [0.2, 0.25) is 0 Å². The molecule has 0 radical (unpaired) electrons. The molecular weight excluding hydrogens is 359 g/mol. The standard InChI is InChI=1S/C18H18BrFN2O/c19-16-7-6-15(17(20)12-16)13-21-8-10-22(11-9-21)18(23)14-4-2-1-3-5-14/h1-7,12H,8-11,13H2/p+1. The van der Waals surface area contributed by atoms with Crippen LogP contribution in [0, 0.1) is 5.82 Å². The molecule has 0 unspecified atom stereocenters. The molecule has 5 heteroatoms. The summed E-state index contributed by atoms with van der Waals surface area (Å²) in [4.78, 5) is 15.6. The molecule has 0 aliphatic carbocycles. The summed E-state index contributed by atoms with van der Waals surface area (Å²) in [7, 11) is 0. The average molecular weight is 378 g/mol. The van der Waals surface area contributed by atoms with Gasteiger partial charge in [-0.25, -0.2) is 4.39 Å². The number of benzene rings is 2. The summed E-state index contributed by atoms with van der Waals surface area (Å²) in [5, 5.41) is 0. The van der Waals surface area contributed by atoms with Crippen molar-refractivity contribution in [1.29, 1.82) is 0 Å². The van der Waals surface area contributed by atoms with Crippen LogP contribution in [0.5, 0.6) is 0 Å². The Kier molecular flexibility index (Phi) is 5.08. The smallest absolute Gasteiger partial charge is 0.254 e. The third-order valence-electron chi connectivity index (χ3n) is 4.23. The third kappa shape index (κ3) is 3.98. The zero-order valence-corrected chi connectivity index (χ0v) is 14.4. The maximum atomic E-state index is 13.9. The van der Waals surface area contributed by atoms with Crippen LogP contribution in [0.4, 0.5) is 4.39 Å². The zero-order valence-electron chi connectivity index (χ0n) is 12.8. The number of amides is 1. The molecule has 1 N–H and O–H groups in total. The molecule has 1 heterocycles. The number of quaternary nitrogens is 1. The minimum atomic E-state index is -0.172. The molecule has 0 spiro atoms. The minimum Gasteiger partial charge on any atom is -0.328 e. The maximum absolute atomic E-state index is 13.9. The molecule has 1 amide bonds. The van der Waals surface area contributed by atoms with Gasteiger partial charge in [0, 0.05) is 15.6 Å². The highest BCUT2D eigenvalue weighted by Gasteiger charge is 2.25. The fourth-order valence-corrected chi connectivity index (χ4v) is 3.23. The van der Waals surface area contributed by atoms with Crippen LogP contribution in [0.3, 0.4) is 0 Å². The van der Waals surface area contributed by atoms with E-state index >= 15 is 0 Å². The number of halogens is 2. The summed E-state index contributed by atoms with van der Waals surface area (Å²) in [6.07, 6.45) is 0. The largest absolute Gasteiger partial charge is 0.328 e. The first-order valence-corrected chi connectivity index (χ1v) is 8.54. The fraction of sp³-hybridized carbons (Fsp3) is 0.278. The van der Waals surface area contributed by atoms with E-state index in [1.165, 1.54) is 11.0 Å². The first-order valence-electron chi connectivity index (χ1n) is 7.75. The van der Waals surface area contributed by atoms with Gasteiger partial charge in [-0.1, -0.05) is 34.1 Å². The van der Waals surface area contributed by atoms with E-state index in [-0.39, 0.29) is 11.7 Å². The number of carbonyl (C=O) groups is 1. The van der Waals surface area contributed by atoms with E-state index < -0.39 is 0 Å². The predicted molar refractivity (Wildman–Crippen MR) is 90.8 cm³/mol.